The molecule has 0 saturated carbocycles. The largest absolute Gasteiger partial charge is 0.416 e. The van der Waals surface area contributed by atoms with Gasteiger partial charge in [-0.25, -0.2) is 4.39 Å². The minimum Gasteiger partial charge on any atom is -0.390 e. The van der Waals surface area contributed by atoms with Crippen molar-refractivity contribution in [3.8, 4) is 0 Å². The molecule has 1 amide bonds. The number of hydrogen-bond acceptors (Lipinski definition) is 3. The highest BCUT2D eigenvalue weighted by atomic mass is 19.4. The first-order valence-corrected chi connectivity index (χ1v) is 10.3. The molecule has 0 fully saturated rings. The van der Waals surface area contributed by atoms with Crippen molar-refractivity contribution < 1.29 is 27.2 Å². The second kappa shape index (κ2) is 9.30. The Hall–Kier alpha value is -2.90. The summed E-state index contributed by atoms with van der Waals surface area (Å²) in [5.41, 5.74) is 0.801. The number of carbonyl (C=O) groups excluding carboxylic acids is 1. The summed E-state index contributed by atoms with van der Waals surface area (Å²) in [6.45, 7) is 6.20. The second-order valence-corrected chi connectivity index (χ2v) is 9.19. The molecule has 1 atom stereocenters. The van der Waals surface area contributed by atoms with E-state index in [-0.39, 0.29) is 36.6 Å². The summed E-state index contributed by atoms with van der Waals surface area (Å²) >= 11 is 0. The average molecular weight is 450 g/mol. The maximum Gasteiger partial charge on any atom is 0.416 e. The number of benzene rings is 2. The van der Waals surface area contributed by atoms with E-state index in [1.54, 1.807) is 17.0 Å². The predicted octanol–water partition coefficient (Wildman–Crippen LogP) is 5.80. The third-order valence-electron chi connectivity index (χ3n) is 5.00. The van der Waals surface area contributed by atoms with Crippen molar-refractivity contribution in [3.63, 3.8) is 0 Å². The van der Waals surface area contributed by atoms with Gasteiger partial charge in [0.15, 0.2) is 6.10 Å². The molecule has 8 heteroatoms. The van der Waals surface area contributed by atoms with Crippen LogP contribution < -0.4 is 0 Å². The van der Waals surface area contributed by atoms with Crippen molar-refractivity contribution in [3.05, 3.63) is 71.0 Å². The van der Waals surface area contributed by atoms with Crippen molar-refractivity contribution in [2.24, 2.45) is 10.6 Å². The van der Waals surface area contributed by atoms with Crippen LogP contribution in [0.2, 0.25) is 0 Å². The van der Waals surface area contributed by atoms with E-state index in [0.29, 0.717) is 23.3 Å². The van der Waals surface area contributed by atoms with Gasteiger partial charge in [0.2, 0.25) is 5.91 Å². The quantitative estimate of drug-likeness (QED) is 0.522. The molecule has 0 saturated heterocycles. The van der Waals surface area contributed by atoms with Crippen molar-refractivity contribution in [2.45, 2.75) is 52.4 Å². The normalized spacial score (nSPS) is 16.5. The maximum atomic E-state index is 13.5. The Kier molecular flexibility index (Phi) is 6.91. The fourth-order valence-electron chi connectivity index (χ4n) is 3.45. The van der Waals surface area contributed by atoms with Gasteiger partial charge < -0.3 is 9.74 Å². The van der Waals surface area contributed by atoms with Gasteiger partial charge in [-0.3, -0.25) is 4.79 Å². The third-order valence-corrected chi connectivity index (χ3v) is 5.00. The Morgan fingerprint density at radius 3 is 2.41 bits per heavy atom. The molecule has 2 aromatic carbocycles. The molecule has 1 unspecified atom stereocenters. The Balaban J connectivity index is 1.71. The van der Waals surface area contributed by atoms with E-state index in [4.69, 9.17) is 4.84 Å². The van der Waals surface area contributed by atoms with Crippen LogP contribution in [0.15, 0.2) is 53.7 Å². The average Bonchev–Trinajstić information content (AvgIpc) is 3.14. The zero-order valence-corrected chi connectivity index (χ0v) is 18.2. The number of nitrogens with zero attached hydrogens (tertiary/aromatic N) is 2. The SMILES string of the molecule is CC(C)(C)CC(=O)N(Cc1ccc(C(F)(F)F)cc1)CC1CC(c2cccc(F)c2)=NO1. The molecule has 0 spiro atoms. The molecule has 2 aromatic rings. The van der Waals surface area contributed by atoms with Crippen LogP contribution >= 0.6 is 0 Å². The number of rotatable bonds is 6. The van der Waals surface area contributed by atoms with Gasteiger partial charge in [-0.1, -0.05) is 50.2 Å². The first-order valence-electron chi connectivity index (χ1n) is 10.3. The highest BCUT2D eigenvalue weighted by Crippen LogP contribution is 2.29. The first-order chi connectivity index (χ1) is 14.9. The number of carbonyl (C=O) groups is 1. The van der Waals surface area contributed by atoms with Crippen molar-refractivity contribution >= 4 is 11.6 Å². The number of hydrogen-bond donors (Lipinski definition) is 0. The maximum absolute atomic E-state index is 13.5. The van der Waals surface area contributed by atoms with Gasteiger partial charge in [0.25, 0.3) is 0 Å². The molecule has 3 rings (SSSR count). The van der Waals surface area contributed by atoms with Crippen molar-refractivity contribution in [2.75, 3.05) is 6.54 Å². The van der Waals surface area contributed by atoms with Gasteiger partial charge in [0.1, 0.15) is 5.82 Å². The van der Waals surface area contributed by atoms with Gasteiger partial charge >= 0.3 is 6.18 Å². The zero-order valence-electron chi connectivity index (χ0n) is 18.2. The Morgan fingerprint density at radius 2 is 1.81 bits per heavy atom. The number of alkyl halides is 3. The molecule has 4 nitrogen and oxygen atoms in total. The molecule has 1 heterocycles. The van der Waals surface area contributed by atoms with Gasteiger partial charge in [-0.15, -0.1) is 0 Å². The van der Waals surface area contributed by atoms with Crippen molar-refractivity contribution in [1.82, 2.24) is 4.90 Å². The number of halogens is 4. The summed E-state index contributed by atoms with van der Waals surface area (Å²) in [4.78, 5) is 20.1. The summed E-state index contributed by atoms with van der Waals surface area (Å²) in [6.07, 6.45) is -4.16. The van der Waals surface area contributed by atoms with Crippen LogP contribution in [0, 0.1) is 11.2 Å². The van der Waals surface area contributed by atoms with E-state index in [1.165, 1.54) is 24.3 Å². The second-order valence-electron chi connectivity index (χ2n) is 9.19. The minimum atomic E-state index is -4.41. The minimum absolute atomic E-state index is 0.125. The smallest absolute Gasteiger partial charge is 0.390 e. The first kappa shape index (κ1) is 23.8. The van der Waals surface area contributed by atoms with Crippen molar-refractivity contribution in [1.29, 1.82) is 0 Å². The third kappa shape index (κ3) is 6.55. The molecule has 1 aliphatic heterocycles. The topological polar surface area (TPSA) is 41.9 Å². The summed E-state index contributed by atoms with van der Waals surface area (Å²) in [5.74, 6) is -0.502. The number of oxime groups is 1. The zero-order chi connectivity index (χ0) is 23.5. The summed E-state index contributed by atoms with van der Waals surface area (Å²) in [7, 11) is 0. The van der Waals surface area contributed by atoms with Crippen LogP contribution in [-0.2, 0) is 22.4 Å². The molecule has 0 aliphatic carbocycles. The highest BCUT2D eigenvalue weighted by Gasteiger charge is 2.31. The molecule has 1 aliphatic rings. The Morgan fingerprint density at radius 1 is 1.12 bits per heavy atom. The summed E-state index contributed by atoms with van der Waals surface area (Å²) in [6, 6.07) is 10.8. The van der Waals surface area contributed by atoms with Crippen LogP contribution in [0.4, 0.5) is 17.6 Å². The van der Waals surface area contributed by atoms with E-state index in [1.807, 2.05) is 20.8 Å². The van der Waals surface area contributed by atoms with Crippen LogP contribution in [0.5, 0.6) is 0 Å². The molecular weight excluding hydrogens is 424 g/mol. The van der Waals surface area contributed by atoms with Gasteiger partial charge in [-0.2, -0.15) is 13.2 Å². The molecular formula is C24H26F4N2O2. The van der Waals surface area contributed by atoms with Crippen LogP contribution in [0.25, 0.3) is 0 Å². The standard InChI is InChI=1S/C24H26F4N2O2/c1-23(2,3)13-22(31)30(14-16-7-9-18(10-8-16)24(26,27)28)15-20-12-21(29-32-20)17-5-4-6-19(25)11-17/h4-11,20H,12-15H2,1-3H3. The fourth-order valence-corrected chi connectivity index (χ4v) is 3.45. The van der Waals surface area contributed by atoms with Gasteiger partial charge in [-0.05, 0) is 35.2 Å². The van der Waals surface area contributed by atoms with Crippen LogP contribution in [-0.4, -0.2) is 29.2 Å². The van der Waals surface area contributed by atoms with E-state index in [2.05, 4.69) is 5.16 Å². The predicted molar refractivity (Wildman–Crippen MR) is 113 cm³/mol. The number of amides is 1. The van der Waals surface area contributed by atoms with Gasteiger partial charge in [0.05, 0.1) is 17.8 Å². The molecule has 0 radical (unpaired) electrons. The Labute approximate surface area is 184 Å². The monoisotopic (exact) mass is 450 g/mol. The lowest BCUT2D eigenvalue weighted by Crippen LogP contribution is -2.38. The van der Waals surface area contributed by atoms with E-state index < -0.39 is 17.8 Å². The van der Waals surface area contributed by atoms with E-state index in [0.717, 1.165) is 12.1 Å². The molecule has 0 bridgehead atoms. The van der Waals surface area contributed by atoms with E-state index >= 15 is 0 Å². The van der Waals surface area contributed by atoms with E-state index in [9.17, 15) is 22.4 Å². The molecule has 0 aromatic heterocycles. The van der Waals surface area contributed by atoms with Gasteiger partial charge in [0, 0.05) is 24.9 Å². The van der Waals surface area contributed by atoms with Crippen LogP contribution in [0.3, 0.4) is 0 Å². The van der Waals surface area contributed by atoms with Crippen LogP contribution in [0.1, 0.15) is 50.3 Å². The lowest BCUT2D eigenvalue weighted by molar-refractivity contribution is -0.138. The lowest BCUT2D eigenvalue weighted by Gasteiger charge is -2.28. The molecule has 0 N–H and O–H groups in total. The molecule has 32 heavy (non-hydrogen) atoms. The molecule has 172 valence electrons. The summed E-state index contributed by atoms with van der Waals surface area (Å²) < 4.78 is 52.1. The summed E-state index contributed by atoms with van der Waals surface area (Å²) in [5, 5.41) is 4.05. The fraction of sp³-hybridized carbons (Fsp3) is 0.417. The highest BCUT2D eigenvalue weighted by molar-refractivity contribution is 6.01. The lowest BCUT2D eigenvalue weighted by atomic mass is 9.91. The Bertz CT molecular complexity index is 979.